The molecule has 0 aliphatic rings. The maximum atomic E-state index is 13.6. The van der Waals surface area contributed by atoms with E-state index in [2.05, 4.69) is 41.9 Å². The van der Waals surface area contributed by atoms with Crippen LogP contribution in [0.15, 0.2) is 12.5 Å². The molecule has 20 heteroatoms. The molecule has 0 radical (unpaired) electrons. The van der Waals surface area contributed by atoms with Gasteiger partial charge < -0.3 is 59.2 Å². The minimum atomic E-state index is -1.62. The van der Waals surface area contributed by atoms with Crippen molar-refractivity contribution in [3.8, 4) is 0 Å². The number of nitrogens with zero attached hydrogens (tertiary/aromatic N) is 1. The summed E-state index contributed by atoms with van der Waals surface area (Å²) < 4.78 is 0. The van der Waals surface area contributed by atoms with E-state index in [1.165, 1.54) is 19.4 Å². The Morgan fingerprint density at radius 3 is 1.73 bits per heavy atom. The zero-order valence-electron chi connectivity index (χ0n) is 32.8. The molecule has 0 aliphatic heterocycles. The fourth-order valence-electron chi connectivity index (χ4n) is 5.39. The van der Waals surface area contributed by atoms with Gasteiger partial charge >= 0.3 is 5.97 Å². The summed E-state index contributed by atoms with van der Waals surface area (Å²) in [6.07, 6.45) is 3.85. The van der Waals surface area contributed by atoms with E-state index in [0.717, 1.165) is 0 Å². The van der Waals surface area contributed by atoms with Crippen LogP contribution in [0.2, 0.25) is 0 Å². The normalized spacial score (nSPS) is 15.1. The Morgan fingerprint density at radius 1 is 0.709 bits per heavy atom. The molecule has 310 valence electrons. The standard InChI is InChI=1S/C35H61N11O9/c1-17(2)12-22(37)30(49)42-23(10-8-9-11-36)31(50)43-24(13-21-15-39-16-40-21)32(51)41-20(7)29(48)45-28(19(5)6)34(53)46-27(18(3)4)33(52)44-25(35(54)55)14-26(38)47/h15-20,22-25,27-28H,8-14,36-37H2,1-7H3,(H2,38,47)(H,39,40)(H,41,51)(H,42,49)(H,43,50)(H,44,52)(H,45,48)(H,46,53)(H,54,55). The number of aliphatic carboxylic acids is 1. The second-order valence-corrected chi connectivity index (χ2v) is 14.7. The van der Waals surface area contributed by atoms with E-state index in [0.29, 0.717) is 31.5 Å². The summed E-state index contributed by atoms with van der Waals surface area (Å²) >= 11 is 0. The van der Waals surface area contributed by atoms with Gasteiger partial charge in [0.1, 0.15) is 36.3 Å². The predicted octanol–water partition coefficient (Wildman–Crippen LogP) is -2.34. The van der Waals surface area contributed by atoms with Gasteiger partial charge in [-0.3, -0.25) is 33.6 Å². The summed E-state index contributed by atoms with van der Waals surface area (Å²) in [6.45, 7) is 12.1. The molecule has 1 rings (SSSR count). The minimum absolute atomic E-state index is 0.0555. The van der Waals surface area contributed by atoms with Crippen LogP contribution in [0.5, 0.6) is 0 Å². The second kappa shape index (κ2) is 23.6. The van der Waals surface area contributed by atoms with Crippen molar-refractivity contribution in [2.75, 3.05) is 6.54 Å². The zero-order valence-corrected chi connectivity index (χ0v) is 32.8. The van der Waals surface area contributed by atoms with Crippen molar-refractivity contribution in [1.29, 1.82) is 0 Å². The number of amides is 7. The topological polar surface area (TPSA) is 336 Å². The van der Waals surface area contributed by atoms with Gasteiger partial charge in [-0.05, 0) is 56.9 Å². The average Bonchev–Trinajstić information content (AvgIpc) is 3.60. The van der Waals surface area contributed by atoms with Gasteiger partial charge in [-0.1, -0.05) is 41.5 Å². The number of rotatable bonds is 25. The average molecular weight is 780 g/mol. The molecular formula is C35H61N11O9. The molecule has 0 spiro atoms. The van der Waals surface area contributed by atoms with Crippen molar-refractivity contribution in [3.05, 3.63) is 18.2 Å². The highest BCUT2D eigenvalue weighted by atomic mass is 16.4. The lowest BCUT2D eigenvalue weighted by molar-refractivity contribution is -0.144. The van der Waals surface area contributed by atoms with Crippen LogP contribution < -0.4 is 49.1 Å². The van der Waals surface area contributed by atoms with Crippen LogP contribution >= 0.6 is 0 Å². The number of carbonyl (C=O) groups is 8. The number of H-pyrrole nitrogens is 1. The van der Waals surface area contributed by atoms with Crippen LogP contribution in [0.1, 0.15) is 86.3 Å². The van der Waals surface area contributed by atoms with Crippen LogP contribution in [-0.4, -0.2) is 111 Å². The van der Waals surface area contributed by atoms with Gasteiger partial charge in [0.2, 0.25) is 41.4 Å². The van der Waals surface area contributed by atoms with Gasteiger partial charge in [0, 0.05) is 18.3 Å². The van der Waals surface area contributed by atoms with E-state index in [-0.39, 0.29) is 18.8 Å². The molecule has 1 aromatic heterocycles. The Balaban J connectivity index is 3.15. The van der Waals surface area contributed by atoms with Crippen molar-refractivity contribution >= 4 is 47.3 Å². The summed E-state index contributed by atoms with van der Waals surface area (Å²) in [6, 6.07) is -8.43. The van der Waals surface area contributed by atoms with Crippen molar-refractivity contribution in [3.63, 3.8) is 0 Å². The zero-order chi connectivity index (χ0) is 42.0. The summed E-state index contributed by atoms with van der Waals surface area (Å²) in [5, 5.41) is 24.7. The van der Waals surface area contributed by atoms with Crippen LogP contribution in [0.25, 0.3) is 0 Å². The first-order valence-electron chi connectivity index (χ1n) is 18.4. The molecule has 1 heterocycles. The van der Waals surface area contributed by atoms with Gasteiger partial charge in [-0.2, -0.15) is 0 Å². The molecule has 1 aromatic rings. The molecular weight excluding hydrogens is 718 g/mol. The Morgan fingerprint density at radius 2 is 1.24 bits per heavy atom. The van der Waals surface area contributed by atoms with E-state index < -0.39 is 108 Å². The Kier molecular flexibility index (Phi) is 20.6. The lowest BCUT2D eigenvalue weighted by Gasteiger charge is -2.29. The first kappa shape index (κ1) is 47.9. The first-order valence-corrected chi connectivity index (χ1v) is 18.4. The van der Waals surface area contributed by atoms with Crippen molar-refractivity contribution in [1.82, 2.24) is 41.9 Å². The number of aromatic nitrogens is 2. The highest BCUT2D eigenvalue weighted by molar-refractivity contribution is 5.97. The number of unbranched alkanes of at least 4 members (excludes halogenated alkanes) is 1. The van der Waals surface area contributed by atoms with Crippen LogP contribution in [-0.2, 0) is 44.8 Å². The number of primary amides is 1. The van der Waals surface area contributed by atoms with Crippen LogP contribution in [0, 0.1) is 17.8 Å². The highest BCUT2D eigenvalue weighted by Crippen LogP contribution is 2.10. The summed E-state index contributed by atoms with van der Waals surface area (Å²) in [7, 11) is 0. The number of nitrogens with two attached hydrogens (primary N) is 3. The third-order valence-electron chi connectivity index (χ3n) is 8.52. The molecule has 55 heavy (non-hydrogen) atoms. The fraction of sp³-hybridized carbons (Fsp3) is 0.686. The lowest BCUT2D eigenvalue weighted by Crippen LogP contribution is -2.61. The van der Waals surface area contributed by atoms with Crippen molar-refractivity contribution in [2.24, 2.45) is 35.0 Å². The van der Waals surface area contributed by atoms with Gasteiger partial charge in [-0.25, -0.2) is 9.78 Å². The molecule has 14 N–H and O–H groups in total. The number of hydrogen-bond donors (Lipinski definition) is 11. The maximum absolute atomic E-state index is 13.6. The number of carbonyl (C=O) groups excluding carboxylic acids is 7. The minimum Gasteiger partial charge on any atom is -0.480 e. The van der Waals surface area contributed by atoms with E-state index in [4.69, 9.17) is 17.2 Å². The molecule has 0 aliphatic carbocycles. The summed E-state index contributed by atoms with van der Waals surface area (Å²) in [4.78, 5) is 110. The molecule has 0 saturated heterocycles. The van der Waals surface area contributed by atoms with Crippen molar-refractivity contribution < 1.29 is 43.5 Å². The van der Waals surface area contributed by atoms with Crippen molar-refractivity contribution in [2.45, 2.75) is 129 Å². The smallest absolute Gasteiger partial charge is 0.326 e. The molecule has 0 saturated carbocycles. The molecule has 0 fully saturated rings. The van der Waals surface area contributed by atoms with Gasteiger partial charge in [0.25, 0.3) is 0 Å². The summed E-state index contributed by atoms with van der Waals surface area (Å²) in [5.74, 6) is -7.70. The predicted molar refractivity (Wildman–Crippen MR) is 201 cm³/mol. The molecule has 0 aromatic carbocycles. The number of nitrogens with one attached hydrogen (secondary N) is 7. The van der Waals surface area contributed by atoms with E-state index in [9.17, 15) is 43.5 Å². The number of carboxylic acid groups (broad SMARTS) is 1. The Bertz CT molecular complexity index is 1450. The second-order valence-electron chi connectivity index (χ2n) is 14.7. The number of hydrogen-bond acceptors (Lipinski definition) is 11. The lowest BCUT2D eigenvalue weighted by atomic mass is 9.99. The fourth-order valence-corrected chi connectivity index (χ4v) is 5.39. The molecule has 0 bridgehead atoms. The molecule has 7 atom stereocenters. The van der Waals surface area contributed by atoms with E-state index in [1.807, 2.05) is 13.8 Å². The van der Waals surface area contributed by atoms with E-state index in [1.54, 1.807) is 27.7 Å². The molecule has 20 nitrogen and oxygen atoms in total. The Hall–Kier alpha value is -5.11. The number of aromatic amines is 1. The maximum Gasteiger partial charge on any atom is 0.326 e. The monoisotopic (exact) mass is 779 g/mol. The summed E-state index contributed by atoms with van der Waals surface area (Å²) in [5.41, 5.74) is 17.3. The largest absolute Gasteiger partial charge is 0.480 e. The van der Waals surface area contributed by atoms with E-state index >= 15 is 0 Å². The van der Waals surface area contributed by atoms with Gasteiger partial charge in [0.15, 0.2) is 0 Å². The third kappa shape index (κ3) is 17.3. The van der Waals surface area contributed by atoms with Gasteiger partial charge in [0.05, 0.1) is 18.8 Å². The van der Waals surface area contributed by atoms with Gasteiger partial charge in [-0.15, -0.1) is 0 Å². The molecule has 7 amide bonds. The Labute approximate surface area is 321 Å². The number of imidazole rings is 1. The van der Waals surface area contributed by atoms with Crippen LogP contribution in [0.4, 0.5) is 0 Å². The SMILES string of the molecule is CC(C)CC(N)C(=O)NC(CCCCN)C(=O)NC(Cc1cnc[nH]1)C(=O)NC(C)C(=O)NC(C(=O)NC(C(=O)NC(CC(N)=O)C(=O)O)C(C)C)C(C)C. The third-order valence-corrected chi connectivity index (χ3v) is 8.52. The number of carboxylic acids is 1. The first-order chi connectivity index (χ1) is 25.7. The molecule has 7 unspecified atom stereocenters. The quantitative estimate of drug-likeness (QED) is 0.0465. The highest BCUT2D eigenvalue weighted by Gasteiger charge is 2.35. The van der Waals surface area contributed by atoms with Crippen LogP contribution in [0.3, 0.4) is 0 Å².